The fourth-order valence-electron chi connectivity index (χ4n) is 1.98. The highest BCUT2D eigenvalue weighted by Crippen LogP contribution is 2.28. The second-order valence-corrected chi connectivity index (χ2v) is 4.61. The summed E-state index contributed by atoms with van der Waals surface area (Å²) in [4.78, 5) is 0. The van der Waals surface area contributed by atoms with Gasteiger partial charge in [0.15, 0.2) is 11.5 Å². The first-order valence-corrected chi connectivity index (χ1v) is 7.51. The molecule has 0 aliphatic heterocycles. The predicted octanol–water partition coefficient (Wildman–Crippen LogP) is 2.74. The lowest BCUT2D eigenvalue weighted by Gasteiger charge is -2.12. The molecule has 1 rings (SSSR count). The van der Waals surface area contributed by atoms with E-state index in [1.165, 1.54) is 5.56 Å². The molecule has 4 heteroatoms. The van der Waals surface area contributed by atoms with Gasteiger partial charge in [-0.15, -0.1) is 0 Å². The van der Waals surface area contributed by atoms with Crippen LogP contribution in [0, 0.1) is 0 Å². The Balaban J connectivity index is 2.43. The quantitative estimate of drug-likeness (QED) is 0.612. The third-order valence-electron chi connectivity index (χ3n) is 2.95. The standard InChI is InChI=1S/C16H27NO3/c1-3-19-15-9-8-14(12-16(15)20-4-2)13-17-10-6-5-7-11-18/h8-9,12,17-18H,3-7,10-11,13H2,1-2H3. The Labute approximate surface area is 122 Å². The first-order valence-electron chi connectivity index (χ1n) is 7.51. The molecule has 0 heterocycles. The van der Waals surface area contributed by atoms with Gasteiger partial charge in [-0.1, -0.05) is 6.07 Å². The van der Waals surface area contributed by atoms with Gasteiger partial charge in [-0.3, -0.25) is 0 Å². The molecule has 0 aliphatic rings. The van der Waals surface area contributed by atoms with Crippen LogP contribution in [0.25, 0.3) is 0 Å². The lowest BCUT2D eigenvalue weighted by atomic mass is 10.2. The fraction of sp³-hybridized carbons (Fsp3) is 0.625. The average Bonchev–Trinajstić information content (AvgIpc) is 2.46. The van der Waals surface area contributed by atoms with E-state index in [1.807, 2.05) is 26.0 Å². The Hall–Kier alpha value is -1.26. The van der Waals surface area contributed by atoms with Gasteiger partial charge in [0.05, 0.1) is 13.2 Å². The number of aliphatic hydroxyl groups is 1. The van der Waals surface area contributed by atoms with Crippen molar-refractivity contribution in [3.8, 4) is 11.5 Å². The van der Waals surface area contributed by atoms with Crippen LogP contribution in [0.15, 0.2) is 18.2 Å². The highest BCUT2D eigenvalue weighted by atomic mass is 16.5. The number of hydrogen-bond acceptors (Lipinski definition) is 4. The molecular weight excluding hydrogens is 254 g/mol. The van der Waals surface area contributed by atoms with E-state index in [4.69, 9.17) is 14.6 Å². The van der Waals surface area contributed by atoms with Crippen molar-refractivity contribution in [1.29, 1.82) is 0 Å². The zero-order valence-electron chi connectivity index (χ0n) is 12.7. The molecule has 0 spiro atoms. The van der Waals surface area contributed by atoms with E-state index in [0.29, 0.717) is 13.2 Å². The van der Waals surface area contributed by atoms with Crippen LogP contribution in [0.1, 0.15) is 38.7 Å². The molecule has 4 nitrogen and oxygen atoms in total. The Morgan fingerprint density at radius 1 is 1.00 bits per heavy atom. The molecule has 0 atom stereocenters. The zero-order valence-corrected chi connectivity index (χ0v) is 12.7. The summed E-state index contributed by atoms with van der Waals surface area (Å²) in [6, 6.07) is 6.07. The Morgan fingerprint density at radius 2 is 1.75 bits per heavy atom. The van der Waals surface area contributed by atoms with Crippen molar-refractivity contribution in [2.45, 2.75) is 39.7 Å². The van der Waals surface area contributed by atoms with E-state index in [9.17, 15) is 0 Å². The number of rotatable bonds is 11. The van der Waals surface area contributed by atoms with Crippen molar-refractivity contribution in [3.05, 3.63) is 23.8 Å². The molecule has 0 saturated heterocycles. The number of aliphatic hydroxyl groups excluding tert-OH is 1. The topological polar surface area (TPSA) is 50.7 Å². The Morgan fingerprint density at radius 3 is 2.45 bits per heavy atom. The molecule has 0 unspecified atom stereocenters. The monoisotopic (exact) mass is 281 g/mol. The molecule has 1 aromatic carbocycles. The molecule has 1 aromatic rings. The number of hydrogen-bond donors (Lipinski definition) is 2. The summed E-state index contributed by atoms with van der Waals surface area (Å²) in [5.41, 5.74) is 1.19. The maximum Gasteiger partial charge on any atom is 0.161 e. The molecular formula is C16H27NO3. The largest absolute Gasteiger partial charge is 0.490 e. The minimum Gasteiger partial charge on any atom is -0.490 e. The van der Waals surface area contributed by atoms with Crippen LogP contribution < -0.4 is 14.8 Å². The van der Waals surface area contributed by atoms with Crippen LogP contribution in [-0.4, -0.2) is 31.5 Å². The summed E-state index contributed by atoms with van der Waals surface area (Å²) in [6.07, 6.45) is 3.05. The molecule has 20 heavy (non-hydrogen) atoms. The third kappa shape index (κ3) is 6.26. The summed E-state index contributed by atoms with van der Waals surface area (Å²) >= 11 is 0. The first-order chi connectivity index (χ1) is 9.81. The maximum atomic E-state index is 8.71. The highest BCUT2D eigenvalue weighted by molar-refractivity contribution is 5.43. The van der Waals surface area contributed by atoms with Crippen molar-refractivity contribution in [2.75, 3.05) is 26.4 Å². The van der Waals surface area contributed by atoms with Gasteiger partial charge in [-0.05, 0) is 57.4 Å². The Bertz CT molecular complexity index is 369. The van der Waals surface area contributed by atoms with Gasteiger partial charge in [0.1, 0.15) is 0 Å². The van der Waals surface area contributed by atoms with Gasteiger partial charge < -0.3 is 19.9 Å². The molecule has 0 aliphatic carbocycles. The molecule has 0 saturated carbocycles. The maximum absolute atomic E-state index is 8.71. The normalized spacial score (nSPS) is 10.6. The van der Waals surface area contributed by atoms with Crippen molar-refractivity contribution >= 4 is 0 Å². The van der Waals surface area contributed by atoms with E-state index >= 15 is 0 Å². The van der Waals surface area contributed by atoms with Crippen molar-refractivity contribution in [3.63, 3.8) is 0 Å². The third-order valence-corrected chi connectivity index (χ3v) is 2.95. The van der Waals surface area contributed by atoms with Gasteiger partial charge in [0.2, 0.25) is 0 Å². The van der Waals surface area contributed by atoms with Crippen LogP contribution >= 0.6 is 0 Å². The van der Waals surface area contributed by atoms with Gasteiger partial charge in [-0.2, -0.15) is 0 Å². The van der Waals surface area contributed by atoms with E-state index < -0.39 is 0 Å². The van der Waals surface area contributed by atoms with Gasteiger partial charge in [-0.25, -0.2) is 0 Å². The minimum atomic E-state index is 0.288. The summed E-state index contributed by atoms with van der Waals surface area (Å²) in [5.74, 6) is 1.62. The van der Waals surface area contributed by atoms with Crippen molar-refractivity contribution in [1.82, 2.24) is 5.32 Å². The number of unbranched alkanes of at least 4 members (excludes halogenated alkanes) is 2. The SMILES string of the molecule is CCOc1ccc(CNCCCCCO)cc1OCC. The molecule has 0 radical (unpaired) electrons. The summed E-state index contributed by atoms with van der Waals surface area (Å²) in [7, 11) is 0. The molecule has 0 amide bonds. The summed E-state index contributed by atoms with van der Waals surface area (Å²) < 4.78 is 11.2. The van der Waals surface area contributed by atoms with Crippen molar-refractivity contribution < 1.29 is 14.6 Å². The second kappa shape index (κ2) is 10.5. The highest BCUT2D eigenvalue weighted by Gasteiger charge is 2.05. The van der Waals surface area contributed by atoms with Crippen molar-refractivity contribution in [2.24, 2.45) is 0 Å². The molecule has 0 fully saturated rings. The predicted molar refractivity (Wildman–Crippen MR) is 81.4 cm³/mol. The van der Waals surface area contributed by atoms with E-state index in [2.05, 4.69) is 11.4 Å². The van der Waals surface area contributed by atoms with Gasteiger partial charge in [0, 0.05) is 13.2 Å². The fourth-order valence-corrected chi connectivity index (χ4v) is 1.98. The van der Waals surface area contributed by atoms with Crippen LogP contribution in [0.5, 0.6) is 11.5 Å². The first kappa shape index (κ1) is 16.8. The van der Waals surface area contributed by atoms with Gasteiger partial charge >= 0.3 is 0 Å². The Kier molecular flexibility index (Phi) is 8.83. The smallest absolute Gasteiger partial charge is 0.161 e. The molecule has 0 aromatic heterocycles. The second-order valence-electron chi connectivity index (χ2n) is 4.61. The number of ether oxygens (including phenoxy) is 2. The van der Waals surface area contributed by atoms with Gasteiger partial charge in [0.25, 0.3) is 0 Å². The lowest BCUT2D eigenvalue weighted by molar-refractivity contribution is 0.282. The van der Waals surface area contributed by atoms with Crippen LogP contribution in [0.4, 0.5) is 0 Å². The van der Waals surface area contributed by atoms with Crippen LogP contribution in [-0.2, 0) is 6.54 Å². The summed E-state index contributed by atoms with van der Waals surface area (Å²) in [5, 5.41) is 12.1. The van der Waals surface area contributed by atoms with E-state index in [1.54, 1.807) is 0 Å². The van der Waals surface area contributed by atoms with Crippen LogP contribution in [0.2, 0.25) is 0 Å². The number of nitrogens with one attached hydrogen (secondary N) is 1. The molecule has 0 bridgehead atoms. The average molecular weight is 281 g/mol. The minimum absolute atomic E-state index is 0.288. The lowest BCUT2D eigenvalue weighted by Crippen LogP contribution is -2.15. The van der Waals surface area contributed by atoms with E-state index in [0.717, 1.165) is 43.9 Å². The number of benzene rings is 1. The van der Waals surface area contributed by atoms with Crippen LogP contribution in [0.3, 0.4) is 0 Å². The molecule has 2 N–H and O–H groups in total. The van der Waals surface area contributed by atoms with E-state index in [-0.39, 0.29) is 6.61 Å². The summed E-state index contributed by atoms with van der Waals surface area (Å²) in [6.45, 7) is 7.30. The molecule has 114 valence electrons. The zero-order chi connectivity index (χ0) is 14.6.